The van der Waals surface area contributed by atoms with Gasteiger partial charge in [-0.15, -0.1) is 0 Å². The molecule has 0 N–H and O–H groups in total. The number of hydrogen-bond acceptors (Lipinski definition) is 2. The summed E-state index contributed by atoms with van der Waals surface area (Å²) in [5.74, 6) is 0.587. The molecule has 57 heavy (non-hydrogen) atoms. The number of rotatable bonds is 8. The van der Waals surface area contributed by atoms with Crippen molar-refractivity contribution in [2.45, 2.75) is 20.3 Å². The molecule has 0 fully saturated rings. The Bertz CT molecular complexity index is 3060. The van der Waals surface area contributed by atoms with Crippen LogP contribution >= 0.6 is 0 Å². The summed E-state index contributed by atoms with van der Waals surface area (Å²) in [7, 11) is 0. The van der Waals surface area contributed by atoms with E-state index in [1.54, 1.807) is 0 Å². The maximum Gasteiger partial charge on any atom is 0.145 e. The number of furan rings is 1. The van der Waals surface area contributed by atoms with Gasteiger partial charge in [0.05, 0.1) is 16.6 Å². The molecule has 1 aliphatic rings. The molecule has 2 aromatic heterocycles. The van der Waals surface area contributed by atoms with Crippen molar-refractivity contribution in [2.24, 2.45) is 5.92 Å². The zero-order valence-electron chi connectivity index (χ0n) is 32.2. The van der Waals surface area contributed by atoms with E-state index in [9.17, 15) is 0 Å². The fourth-order valence-corrected chi connectivity index (χ4v) is 8.59. The molecule has 0 radical (unpaired) electrons. The molecule has 0 aliphatic heterocycles. The minimum atomic E-state index is 0.587. The first-order valence-corrected chi connectivity index (χ1v) is 19.8. The molecule has 3 heteroatoms. The van der Waals surface area contributed by atoms with E-state index in [0.717, 1.165) is 84.4 Å². The van der Waals surface area contributed by atoms with E-state index in [4.69, 9.17) is 4.42 Å². The third-order valence-corrected chi connectivity index (χ3v) is 11.4. The first-order valence-electron chi connectivity index (χ1n) is 19.8. The Morgan fingerprint density at radius 1 is 0.702 bits per heavy atom. The van der Waals surface area contributed by atoms with Gasteiger partial charge in [0.25, 0.3) is 0 Å². The molecule has 10 rings (SSSR count). The largest absolute Gasteiger partial charge is 0.455 e. The highest BCUT2D eigenvalue weighted by Gasteiger charge is 2.25. The lowest BCUT2D eigenvalue weighted by molar-refractivity contribution is 0.672. The average molecular weight is 735 g/mol. The van der Waals surface area contributed by atoms with E-state index in [1.165, 1.54) is 21.9 Å². The number of para-hydroxylation sites is 2. The van der Waals surface area contributed by atoms with E-state index >= 15 is 0 Å². The number of nitrogens with zero attached hydrogens (tertiary/aromatic N) is 2. The average Bonchev–Trinajstić information content (AvgIpc) is 3.80. The normalized spacial score (nSPS) is 14.3. The first kappa shape index (κ1) is 34.4. The van der Waals surface area contributed by atoms with E-state index in [2.05, 4.69) is 206 Å². The molecule has 7 aromatic carbocycles. The van der Waals surface area contributed by atoms with Gasteiger partial charge in [-0.1, -0.05) is 135 Å². The molecular formula is C54H42N2O. The highest BCUT2D eigenvalue weighted by Crippen LogP contribution is 2.46. The van der Waals surface area contributed by atoms with Crippen LogP contribution in [0.4, 0.5) is 17.1 Å². The molecule has 0 amide bonds. The van der Waals surface area contributed by atoms with Gasteiger partial charge in [0.15, 0.2) is 0 Å². The Balaban J connectivity index is 1.18. The zero-order valence-corrected chi connectivity index (χ0v) is 32.2. The molecule has 0 saturated carbocycles. The second kappa shape index (κ2) is 14.2. The van der Waals surface area contributed by atoms with Crippen molar-refractivity contribution in [1.29, 1.82) is 0 Å². The summed E-state index contributed by atoms with van der Waals surface area (Å²) >= 11 is 0. The number of aromatic nitrogens is 1. The molecule has 3 nitrogen and oxygen atoms in total. The third-order valence-electron chi connectivity index (χ3n) is 11.4. The minimum Gasteiger partial charge on any atom is -0.455 e. The summed E-state index contributed by atoms with van der Waals surface area (Å²) in [6.45, 7) is 8.70. The quantitative estimate of drug-likeness (QED) is 0.155. The molecule has 1 aliphatic carbocycles. The standard InChI is InChI=1S/C54H42N2O/c1-4-13-50-46(5-2)52-53(56(50)45-33-26-37-14-9-10-15-41(37)34-45)48(35-49-47-18-11-12-19-51(47)57-54(49)52)40-27-31-44(32-28-40)55(42-16-7-6-8-17-42)43-29-24-39(25-30-43)38-22-20-36(3)21-23-38/h4-20,22-36H,2,21H2,1,3H3/b13-4-. The van der Waals surface area contributed by atoms with E-state index in [0.29, 0.717) is 5.92 Å². The van der Waals surface area contributed by atoms with Crippen LogP contribution in [0.15, 0.2) is 187 Å². The van der Waals surface area contributed by atoms with Gasteiger partial charge in [0, 0.05) is 44.6 Å². The van der Waals surface area contributed by atoms with Crippen molar-refractivity contribution >= 4 is 78.4 Å². The van der Waals surface area contributed by atoms with Crippen LogP contribution in [0, 0.1) is 5.92 Å². The van der Waals surface area contributed by atoms with E-state index in [-0.39, 0.29) is 0 Å². The molecule has 1 unspecified atom stereocenters. The lowest BCUT2D eigenvalue weighted by Gasteiger charge is -2.26. The third kappa shape index (κ3) is 5.91. The predicted octanol–water partition coefficient (Wildman–Crippen LogP) is 15.5. The van der Waals surface area contributed by atoms with Crippen LogP contribution in [0.25, 0.3) is 78.2 Å². The van der Waals surface area contributed by atoms with Crippen molar-refractivity contribution < 1.29 is 4.42 Å². The van der Waals surface area contributed by atoms with Crippen molar-refractivity contribution in [3.05, 3.63) is 199 Å². The number of anilines is 3. The van der Waals surface area contributed by atoms with Crippen LogP contribution in [0.5, 0.6) is 0 Å². The van der Waals surface area contributed by atoms with E-state index in [1.807, 2.05) is 12.1 Å². The molecule has 0 bridgehead atoms. The molecule has 2 heterocycles. The van der Waals surface area contributed by atoms with Gasteiger partial charge in [-0.05, 0) is 113 Å². The topological polar surface area (TPSA) is 21.3 Å². The van der Waals surface area contributed by atoms with Crippen molar-refractivity contribution in [1.82, 2.24) is 4.57 Å². The predicted molar refractivity (Wildman–Crippen MR) is 244 cm³/mol. The SMILES string of the molecule is C=Cc1c(/C=C\C)n(-c2ccc3ccccc3c2)c2c(-c3ccc(N(c4ccccc4)c4ccc(C5=CCC(C)C=C5)cc4)cc3)cc3c4ccccc4oc3c12. The fourth-order valence-electron chi connectivity index (χ4n) is 8.59. The van der Waals surface area contributed by atoms with Crippen molar-refractivity contribution in [2.75, 3.05) is 4.90 Å². The van der Waals surface area contributed by atoms with Crippen LogP contribution in [0.2, 0.25) is 0 Å². The molecule has 0 saturated heterocycles. The summed E-state index contributed by atoms with van der Waals surface area (Å²) < 4.78 is 9.15. The monoisotopic (exact) mass is 734 g/mol. The minimum absolute atomic E-state index is 0.587. The second-order valence-electron chi connectivity index (χ2n) is 15.0. The molecular weight excluding hydrogens is 693 g/mol. The summed E-state index contributed by atoms with van der Waals surface area (Å²) in [5.41, 5.74) is 14.1. The zero-order chi connectivity index (χ0) is 38.5. The van der Waals surface area contributed by atoms with Gasteiger partial charge in [0.1, 0.15) is 11.2 Å². The Hall–Kier alpha value is -7.10. The van der Waals surface area contributed by atoms with Crippen LogP contribution in [0.1, 0.15) is 37.1 Å². The smallest absolute Gasteiger partial charge is 0.145 e. The Morgan fingerprint density at radius 2 is 1.39 bits per heavy atom. The molecule has 274 valence electrons. The first-order chi connectivity index (χ1) is 28.1. The summed E-state index contributed by atoms with van der Waals surface area (Å²) in [5, 5.41) is 5.64. The highest BCUT2D eigenvalue weighted by atomic mass is 16.3. The fraction of sp³-hybridized carbons (Fsp3) is 0.0741. The van der Waals surface area contributed by atoms with Gasteiger partial charge in [-0.3, -0.25) is 0 Å². The van der Waals surface area contributed by atoms with Crippen LogP contribution in [-0.2, 0) is 0 Å². The lowest BCUT2D eigenvalue weighted by Crippen LogP contribution is -2.09. The van der Waals surface area contributed by atoms with Gasteiger partial charge in [0.2, 0.25) is 0 Å². The Morgan fingerprint density at radius 3 is 2.11 bits per heavy atom. The Labute approximate surface area is 333 Å². The maximum atomic E-state index is 6.75. The number of benzene rings is 7. The summed E-state index contributed by atoms with van der Waals surface area (Å²) in [6, 6.07) is 54.6. The van der Waals surface area contributed by atoms with Crippen LogP contribution < -0.4 is 4.90 Å². The van der Waals surface area contributed by atoms with Gasteiger partial charge < -0.3 is 13.9 Å². The van der Waals surface area contributed by atoms with Gasteiger partial charge in [-0.2, -0.15) is 0 Å². The van der Waals surface area contributed by atoms with E-state index < -0.39 is 0 Å². The Kier molecular flexibility index (Phi) is 8.57. The molecule has 1 atom stereocenters. The lowest BCUT2D eigenvalue weighted by atomic mass is 9.94. The second-order valence-corrected chi connectivity index (χ2v) is 15.0. The van der Waals surface area contributed by atoms with Gasteiger partial charge in [-0.25, -0.2) is 0 Å². The summed E-state index contributed by atoms with van der Waals surface area (Å²) in [6.07, 6.45) is 14.3. The summed E-state index contributed by atoms with van der Waals surface area (Å²) in [4.78, 5) is 2.33. The highest BCUT2D eigenvalue weighted by molar-refractivity contribution is 6.22. The van der Waals surface area contributed by atoms with Crippen LogP contribution in [-0.4, -0.2) is 4.57 Å². The molecule has 9 aromatic rings. The van der Waals surface area contributed by atoms with Crippen molar-refractivity contribution in [3.63, 3.8) is 0 Å². The maximum absolute atomic E-state index is 6.75. The number of hydrogen-bond donors (Lipinski definition) is 0. The number of allylic oxidation sites excluding steroid dienone is 5. The van der Waals surface area contributed by atoms with Gasteiger partial charge >= 0.3 is 0 Å². The number of fused-ring (bicyclic) bond motifs is 6. The molecule has 0 spiro atoms. The van der Waals surface area contributed by atoms with Crippen LogP contribution in [0.3, 0.4) is 0 Å². The van der Waals surface area contributed by atoms with Crippen molar-refractivity contribution in [3.8, 4) is 16.8 Å².